The van der Waals surface area contributed by atoms with Crippen molar-refractivity contribution in [3.8, 4) is 0 Å². The molecule has 1 saturated heterocycles. The maximum atomic E-state index is 13.0. The first-order chi connectivity index (χ1) is 14.1. The summed E-state index contributed by atoms with van der Waals surface area (Å²) in [6.07, 6.45) is 6.47. The SMILES string of the molecule is Cc1ccc(NC(=O)C2CCCN(c3c4c(nc5ncnn35)CCC4)C2)cc1Cl. The first kappa shape index (κ1) is 18.4. The van der Waals surface area contributed by atoms with Crippen LogP contribution in [0.15, 0.2) is 24.5 Å². The van der Waals surface area contributed by atoms with E-state index >= 15 is 0 Å². The van der Waals surface area contributed by atoms with E-state index in [2.05, 4.69) is 25.3 Å². The van der Waals surface area contributed by atoms with Gasteiger partial charge in [-0.3, -0.25) is 4.79 Å². The average Bonchev–Trinajstić information content (AvgIpc) is 3.38. The van der Waals surface area contributed by atoms with Crippen LogP contribution in [0.4, 0.5) is 11.5 Å². The van der Waals surface area contributed by atoms with E-state index in [1.165, 1.54) is 5.56 Å². The molecule has 1 atom stereocenters. The van der Waals surface area contributed by atoms with Gasteiger partial charge in [0.05, 0.1) is 11.6 Å². The van der Waals surface area contributed by atoms with E-state index in [0.29, 0.717) is 17.3 Å². The van der Waals surface area contributed by atoms with Gasteiger partial charge in [0.15, 0.2) is 0 Å². The van der Waals surface area contributed by atoms with Crippen LogP contribution in [0.3, 0.4) is 0 Å². The quantitative estimate of drug-likeness (QED) is 0.715. The first-order valence-electron chi connectivity index (χ1n) is 10.1. The minimum absolute atomic E-state index is 0.0372. The molecule has 1 N–H and O–H groups in total. The summed E-state index contributed by atoms with van der Waals surface area (Å²) >= 11 is 6.20. The average molecular weight is 411 g/mol. The number of benzene rings is 1. The van der Waals surface area contributed by atoms with Gasteiger partial charge in [-0.1, -0.05) is 17.7 Å². The largest absolute Gasteiger partial charge is 0.355 e. The number of nitrogens with zero attached hydrogens (tertiary/aromatic N) is 5. The zero-order valence-electron chi connectivity index (χ0n) is 16.4. The fourth-order valence-corrected chi connectivity index (χ4v) is 4.61. The molecule has 1 unspecified atom stereocenters. The molecule has 2 aromatic heterocycles. The van der Waals surface area contributed by atoms with Gasteiger partial charge in [-0.25, -0.2) is 4.98 Å². The summed E-state index contributed by atoms with van der Waals surface area (Å²) in [7, 11) is 0. The molecule has 3 aromatic rings. The standard InChI is InChI=1S/C21H23ClN6O/c1-13-7-8-15(10-17(13)22)25-19(29)14-4-3-9-27(11-14)20-16-5-2-6-18(16)26-21-23-12-24-28(20)21/h7-8,10,12,14H,2-6,9,11H2,1H3,(H,25,29). The van der Waals surface area contributed by atoms with Crippen molar-refractivity contribution in [2.75, 3.05) is 23.3 Å². The Balaban J connectivity index is 1.40. The summed E-state index contributed by atoms with van der Waals surface area (Å²) in [5, 5.41) is 8.11. The maximum Gasteiger partial charge on any atom is 0.254 e. The third-order valence-corrected chi connectivity index (χ3v) is 6.36. The van der Waals surface area contributed by atoms with Gasteiger partial charge in [0.1, 0.15) is 12.1 Å². The number of aromatic nitrogens is 4. The molecular formula is C21H23ClN6O. The van der Waals surface area contributed by atoms with Crippen LogP contribution in [0.25, 0.3) is 5.78 Å². The third-order valence-electron chi connectivity index (χ3n) is 5.96. The Morgan fingerprint density at radius 3 is 3.03 bits per heavy atom. The van der Waals surface area contributed by atoms with Gasteiger partial charge in [-0.2, -0.15) is 14.6 Å². The number of piperidine rings is 1. The number of hydrogen-bond donors (Lipinski definition) is 1. The Kier molecular flexibility index (Phi) is 4.62. The predicted molar refractivity (Wildman–Crippen MR) is 113 cm³/mol. The number of nitrogens with one attached hydrogen (secondary N) is 1. The molecule has 1 amide bonds. The third kappa shape index (κ3) is 3.33. The van der Waals surface area contributed by atoms with Gasteiger partial charge < -0.3 is 10.2 Å². The predicted octanol–water partition coefficient (Wildman–Crippen LogP) is 3.43. The molecule has 8 heteroatoms. The molecule has 0 bridgehead atoms. The summed E-state index contributed by atoms with van der Waals surface area (Å²) in [5.74, 6) is 1.65. The second kappa shape index (κ2) is 7.30. The van der Waals surface area contributed by atoms with Gasteiger partial charge in [0, 0.05) is 29.4 Å². The number of fused-ring (bicyclic) bond motifs is 2. The molecule has 5 rings (SSSR count). The van der Waals surface area contributed by atoms with Gasteiger partial charge in [0.25, 0.3) is 5.78 Å². The summed E-state index contributed by atoms with van der Waals surface area (Å²) in [5.41, 5.74) is 4.12. The first-order valence-corrected chi connectivity index (χ1v) is 10.5. The smallest absolute Gasteiger partial charge is 0.254 e. The van der Waals surface area contributed by atoms with Crippen molar-refractivity contribution in [1.82, 2.24) is 19.6 Å². The van der Waals surface area contributed by atoms with E-state index in [0.717, 1.165) is 61.4 Å². The molecule has 2 aliphatic rings. The Morgan fingerprint density at radius 2 is 2.17 bits per heavy atom. The van der Waals surface area contributed by atoms with Gasteiger partial charge >= 0.3 is 0 Å². The highest BCUT2D eigenvalue weighted by molar-refractivity contribution is 6.31. The lowest BCUT2D eigenvalue weighted by atomic mass is 9.96. The molecule has 1 aliphatic heterocycles. The normalized spacial score (nSPS) is 18.8. The monoisotopic (exact) mass is 410 g/mol. The van der Waals surface area contributed by atoms with Crippen LogP contribution in [-0.4, -0.2) is 38.6 Å². The number of rotatable bonds is 3. The van der Waals surface area contributed by atoms with Crippen LogP contribution in [0.2, 0.25) is 5.02 Å². The lowest BCUT2D eigenvalue weighted by molar-refractivity contribution is -0.120. The number of carbonyl (C=O) groups excluding carboxylic acids is 1. The molecule has 7 nitrogen and oxygen atoms in total. The second-order valence-electron chi connectivity index (χ2n) is 7.92. The van der Waals surface area contributed by atoms with Crippen LogP contribution in [0, 0.1) is 12.8 Å². The zero-order chi connectivity index (χ0) is 20.0. The molecule has 1 aliphatic carbocycles. The van der Waals surface area contributed by atoms with Crippen molar-refractivity contribution in [2.24, 2.45) is 5.92 Å². The molecular weight excluding hydrogens is 388 g/mol. The van der Waals surface area contributed by atoms with Crippen molar-refractivity contribution in [2.45, 2.75) is 39.0 Å². The Morgan fingerprint density at radius 1 is 1.28 bits per heavy atom. The van der Waals surface area contributed by atoms with Gasteiger partial charge in [-0.05, 0) is 56.7 Å². The van der Waals surface area contributed by atoms with Gasteiger partial charge in [0.2, 0.25) is 5.91 Å². The van der Waals surface area contributed by atoms with Crippen molar-refractivity contribution in [1.29, 1.82) is 0 Å². The topological polar surface area (TPSA) is 75.4 Å². The van der Waals surface area contributed by atoms with Crippen LogP contribution in [0.5, 0.6) is 0 Å². The highest BCUT2D eigenvalue weighted by atomic mass is 35.5. The lowest BCUT2D eigenvalue weighted by Crippen LogP contribution is -2.42. The van der Waals surface area contributed by atoms with E-state index in [-0.39, 0.29) is 11.8 Å². The summed E-state index contributed by atoms with van der Waals surface area (Å²) in [6, 6.07) is 5.63. The lowest BCUT2D eigenvalue weighted by Gasteiger charge is -2.34. The van der Waals surface area contributed by atoms with Crippen LogP contribution < -0.4 is 10.2 Å². The molecule has 0 saturated carbocycles. The second-order valence-corrected chi connectivity index (χ2v) is 8.33. The highest BCUT2D eigenvalue weighted by Gasteiger charge is 2.31. The Bertz CT molecular complexity index is 1090. The molecule has 1 aromatic carbocycles. The summed E-state index contributed by atoms with van der Waals surface area (Å²) in [6.45, 7) is 3.52. The van der Waals surface area contributed by atoms with Crippen LogP contribution >= 0.6 is 11.6 Å². The van der Waals surface area contributed by atoms with E-state index in [4.69, 9.17) is 11.6 Å². The highest BCUT2D eigenvalue weighted by Crippen LogP contribution is 2.33. The molecule has 3 heterocycles. The van der Waals surface area contributed by atoms with Crippen LogP contribution in [-0.2, 0) is 17.6 Å². The Labute approximate surface area is 174 Å². The van der Waals surface area contributed by atoms with Gasteiger partial charge in [-0.15, -0.1) is 0 Å². The maximum absolute atomic E-state index is 13.0. The molecule has 29 heavy (non-hydrogen) atoms. The van der Waals surface area contributed by atoms with Crippen molar-refractivity contribution in [3.63, 3.8) is 0 Å². The van der Waals surface area contributed by atoms with E-state index in [1.807, 2.05) is 29.6 Å². The number of carbonyl (C=O) groups is 1. The molecule has 0 radical (unpaired) electrons. The van der Waals surface area contributed by atoms with Crippen molar-refractivity contribution >= 4 is 34.8 Å². The van der Waals surface area contributed by atoms with Crippen molar-refractivity contribution < 1.29 is 4.79 Å². The summed E-state index contributed by atoms with van der Waals surface area (Å²) < 4.78 is 1.84. The molecule has 150 valence electrons. The van der Waals surface area contributed by atoms with Crippen molar-refractivity contribution in [3.05, 3.63) is 46.4 Å². The molecule has 1 fully saturated rings. The fourth-order valence-electron chi connectivity index (χ4n) is 4.42. The van der Waals surface area contributed by atoms with E-state index in [1.54, 1.807) is 6.33 Å². The van der Waals surface area contributed by atoms with E-state index < -0.39 is 0 Å². The number of hydrogen-bond acceptors (Lipinski definition) is 5. The fraction of sp³-hybridized carbons (Fsp3) is 0.429. The number of aryl methyl sites for hydroxylation is 2. The zero-order valence-corrected chi connectivity index (χ0v) is 17.1. The minimum atomic E-state index is -0.0902. The number of anilines is 2. The van der Waals surface area contributed by atoms with Crippen LogP contribution in [0.1, 0.15) is 36.1 Å². The number of halogens is 1. The minimum Gasteiger partial charge on any atom is -0.355 e. The molecule has 0 spiro atoms. The van der Waals surface area contributed by atoms with E-state index in [9.17, 15) is 4.79 Å². The Hall–Kier alpha value is -2.67. The number of amides is 1. The summed E-state index contributed by atoms with van der Waals surface area (Å²) in [4.78, 5) is 24.2.